The molecule has 1 aliphatic rings. The highest BCUT2D eigenvalue weighted by molar-refractivity contribution is 7.15. The van der Waals surface area contributed by atoms with Crippen LogP contribution in [0.3, 0.4) is 0 Å². The summed E-state index contributed by atoms with van der Waals surface area (Å²) < 4.78 is 0. The third-order valence-corrected chi connectivity index (χ3v) is 6.18. The predicted molar refractivity (Wildman–Crippen MR) is 111 cm³/mol. The van der Waals surface area contributed by atoms with E-state index in [2.05, 4.69) is 32.6 Å². The van der Waals surface area contributed by atoms with Crippen molar-refractivity contribution in [2.45, 2.75) is 44.9 Å². The lowest BCUT2D eigenvalue weighted by Crippen LogP contribution is -2.14. The summed E-state index contributed by atoms with van der Waals surface area (Å²) >= 11 is 1.44. The Balaban J connectivity index is 1.51. The Morgan fingerprint density at radius 3 is 2.90 bits per heavy atom. The number of thiazole rings is 1. The summed E-state index contributed by atoms with van der Waals surface area (Å²) in [6, 6.07) is 10.4. The summed E-state index contributed by atoms with van der Waals surface area (Å²) in [5.74, 6) is -0.169. The highest BCUT2D eigenvalue weighted by atomic mass is 32.1. The fourth-order valence-electron chi connectivity index (χ4n) is 3.75. The lowest BCUT2D eigenvalue weighted by atomic mass is 9.85. The van der Waals surface area contributed by atoms with Crippen molar-refractivity contribution < 1.29 is 9.72 Å². The van der Waals surface area contributed by atoms with Crippen molar-refractivity contribution in [3.05, 3.63) is 68.0 Å². The Morgan fingerprint density at radius 2 is 2.17 bits per heavy atom. The first-order valence-corrected chi connectivity index (χ1v) is 10.4. The molecule has 2 N–H and O–H groups in total. The maximum Gasteiger partial charge on any atom is 0.322 e. The minimum atomic E-state index is -0.610. The van der Waals surface area contributed by atoms with Gasteiger partial charge in [-0.15, -0.1) is 11.3 Å². The van der Waals surface area contributed by atoms with Gasteiger partial charge in [-0.3, -0.25) is 25.3 Å². The number of amides is 1. The molecule has 8 nitrogen and oxygen atoms in total. The van der Waals surface area contributed by atoms with Crippen molar-refractivity contribution in [3.8, 4) is 0 Å². The molecule has 0 spiro atoms. The third kappa shape index (κ3) is 3.91. The summed E-state index contributed by atoms with van der Waals surface area (Å²) in [6.07, 6.45) is 3.93. The van der Waals surface area contributed by atoms with Crippen LogP contribution in [0.25, 0.3) is 0 Å². The van der Waals surface area contributed by atoms with Crippen molar-refractivity contribution in [1.82, 2.24) is 15.2 Å². The van der Waals surface area contributed by atoms with E-state index in [1.54, 1.807) is 0 Å². The van der Waals surface area contributed by atoms with Gasteiger partial charge in [0, 0.05) is 4.88 Å². The fraction of sp³-hybridized carbons (Fsp3) is 0.350. The molecule has 150 valence electrons. The number of carbonyl (C=O) groups is 1. The van der Waals surface area contributed by atoms with Crippen molar-refractivity contribution in [2.75, 3.05) is 5.32 Å². The molecule has 1 amide bonds. The fourth-order valence-corrected chi connectivity index (χ4v) is 4.83. The molecular formula is C20H21N5O3S. The molecule has 9 heteroatoms. The van der Waals surface area contributed by atoms with E-state index in [-0.39, 0.29) is 11.4 Å². The zero-order chi connectivity index (χ0) is 20.4. The molecule has 2 aromatic heterocycles. The topological polar surface area (TPSA) is 114 Å². The first-order chi connectivity index (χ1) is 14.1. The smallest absolute Gasteiger partial charge is 0.296 e. The second-order valence-corrected chi connectivity index (χ2v) is 8.18. The average molecular weight is 411 g/mol. The number of fused-ring (bicyclic) bond motifs is 1. The minimum absolute atomic E-state index is 0.200. The molecule has 2 heterocycles. The Hall–Kier alpha value is -3.07. The number of hydrogen-bond acceptors (Lipinski definition) is 6. The van der Waals surface area contributed by atoms with E-state index in [0.717, 1.165) is 29.8 Å². The monoisotopic (exact) mass is 411 g/mol. The maximum atomic E-state index is 12.6. The number of aromatic amines is 1. The van der Waals surface area contributed by atoms with Gasteiger partial charge in [0.15, 0.2) is 5.13 Å². The molecule has 4 rings (SSSR count). The number of hydrogen-bond donors (Lipinski definition) is 2. The van der Waals surface area contributed by atoms with Gasteiger partial charge in [-0.05, 0) is 37.2 Å². The quantitative estimate of drug-likeness (QED) is 0.465. The van der Waals surface area contributed by atoms with E-state index in [1.165, 1.54) is 16.9 Å². The second kappa shape index (κ2) is 8.12. The molecule has 1 unspecified atom stereocenters. The lowest BCUT2D eigenvalue weighted by Gasteiger charge is -2.21. The standard InChI is InChI=1S/C20H21N5O3S/c1-2-6-15-18(25(27)28)17(24-23-15)19(26)22-20-21-14-10-9-13(11-16(14)29-20)12-7-4-3-5-8-12/h3-5,7-8,13H,2,6,9-11H2,1H3,(H,23,24)(H,21,22,26). The van der Waals surface area contributed by atoms with Gasteiger partial charge in [-0.25, -0.2) is 4.98 Å². The van der Waals surface area contributed by atoms with Gasteiger partial charge < -0.3 is 0 Å². The van der Waals surface area contributed by atoms with Crippen LogP contribution in [0.15, 0.2) is 30.3 Å². The number of nitrogens with one attached hydrogen (secondary N) is 2. The molecule has 0 radical (unpaired) electrons. The summed E-state index contributed by atoms with van der Waals surface area (Å²) in [7, 11) is 0. The lowest BCUT2D eigenvalue weighted by molar-refractivity contribution is -0.385. The first kappa shape index (κ1) is 19.3. The summed E-state index contributed by atoms with van der Waals surface area (Å²) in [5.41, 5.74) is 2.23. The zero-order valence-electron chi connectivity index (χ0n) is 16.0. The minimum Gasteiger partial charge on any atom is -0.296 e. The number of aromatic nitrogens is 3. The SMILES string of the molecule is CCCc1[nH]nc(C(=O)Nc2nc3c(s2)CC(c2ccccc2)CC3)c1[N+](=O)[O-]. The Morgan fingerprint density at radius 1 is 1.38 bits per heavy atom. The first-order valence-electron chi connectivity index (χ1n) is 9.63. The van der Waals surface area contributed by atoms with Crippen LogP contribution in [-0.2, 0) is 19.3 Å². The van der Waals surface area contributed by atoms with E-state index in [0.29, 0.717) is 29.6 Å². The van der Waals surface area contributed by atoms with Crippen molar-refractivity contribution in [2.24, 2.45) is 0 Å². The highest BCUT2D eigenvalue weighted by Gasteiger charge is 2.30. The van der Waals surface area contributed by atoms with E-state index in [9.17, 15) is 14.9 Å². The van der Waals surface area contributed by atoms with Crippen molar-refractivity contribution in [1.29, 1.82) is 0 Å². The summed E-state index contributed by atoms with van der Waals surface area (Å²) in [5, 5.41) is 21.1. The normalized spacial score (nSPS) is 15.7. The van der Waals surface area contributed by atoms with Crippen molar-refractivity contribution in [3.63, 3.8) is 0 Å². The van der Waals surface area contributed by atoms with Crippen LogP contribution in [0.2, 0.25) is 0 Å². The average Bonchev–Trinajstić information content (AvgIpc) is 3.32. The van der Waals surface area contributed by atoms with Crippen LogP contribution in [-0.4, -0.2) is 26.0 Å². The Labute approximate surface area is 171 Å². The van der Waals surface area contributed by atoms with Gasteiger partial charge in [0.25, 0.3) is 5.91 Å². The van der Waals surface area contributed by atoms with Crippen LogP contribution in [0.1, 0.15) is 58.0 Å². The van der Waals surface area contributed by atoms with Gasteiger partial charge >= 0.3 is 5.69 Å². The van der Waals surface area contributed by atoms with Crippen LogP contribution in [0.5, 0.6) is 0 Å². The molecule has 0 bridgehead atoms. The summed E-state index contributed by atoms with van der Waals surface area (Å²) in [4.78, 5) is 29.2. The molecule has 0 saturated heterocycles. The van der Waals surface area contributed by atoms with Gasteiger partial charge in [-0.1, -0.05) is 43.7 Å². The highest BCUT2D eigenvalue weighted by Crippen LogP contribution is 2.37. The molecule has 1 aliphatic carbocycles. The molecule has 1 aromatic carbocycles. The number of benzene rings is 1. The van der Waals surface area contributed by atoms with Gasteiger partial charge in [0.1, 0.15) is 5.69 Å². The largest absolute Gasteiger partial charge is 0.322 e. The predicted octanol–water partition coefficient (Wildman–Crippen LogP) is 4.25. The molecule has 29 heavy (non-hydrogen) atoms. The molecule has 1 atom stereocenters. The number of nitrogens with zero attached hydrogens (tertiary/aromatic N) is 3. The molecule has 0 aliphatic heterocycles. The van der Waals surface area contributed by atoms with E-state index >= 15 is 0 Å². The molecule has 0 saturated carbocycles. The third-order valence-electron chi connectivity index (χ3n) is 5.14. The van der Waals surface area contributed by atoms with Gasteiger partial charge in [0.2, 0.25) is 5.69 Å². The molecular weight excluding hydrogens is 390 g/mol. The van der Waals surface area contributed by atoms with E-state index in [1.807, 2.05) is 25.1 Å². The van der Waals surface area contributed by atoms with E-state index < -0.39 is 10.8 Å². The Kier molecular flexibility index (Phi) is 5.39. The number of H-pyrrole nitrogens is 1. The number of anilines is 1. The van der Waals surface area contributed by atoms with Crippen molar-refractivity contribution >= 4 is 28.1 Å². The van der Waals surface area contributed by atoms with Crippen LogP contribution in [0, 0.1) is 10.1 Å². The molecule has 0 fully saturated rings. The van der Waals surface area contributed by atoms with Gasteiger partial charge in [0.05, 0.1) is 10.6 Å². The Bertz CT molecular complexity index is 1040. The van der Waals surface area contributed by atoms with Crippen LogP contribution < -0.4 is 5.32 Å². The van der Waals surface area contributed by atoms with E-state index in [4.69, 9.17) is 0 Å². The number of aryl methyl sites for hydroxylation is 2. The van der Waals surface area contributed by atoms with Gasteiger partial charge in [-0.2, -0.15) is 5.10 Å². The zero-order valence-corrected chi connectivity index (χ0v) is 16.8. The summed E-state index contributed by atoms with van der Waals surface area (Å²) in [6.45, 7) is 1.91. The second-order valence-electron chi connectivity index (χ2n) is 7.10. The maximum absolute atomic E-state index is 12.6. The van der Waals surface area contributed by atoms with Crippen LogP contribution >= 0.6 is 11.3 Å². The number of carbonyl (C=O) groups excluding carboxylic acids is 1. The number of nitro groups is 1. The molecule has 3 aromatic rings. The number of rotatable bonds is 6. The van der Waals surface area contributed by atoms with Crippen LogP contribution in [0.4, 0.5) is 10.8 Å².